The van der Waals surface area contributed by atoms with Crippen molar-refractivity contribution < 1.29 is 13.2 Å². The van der Waals surface area contributed by atoms with E-state index in [1.54, 1.807) is 36.4 Å². The predicted octanol–water partition coefficient (Wildman–Crippen LogP) is 4.86. The fourth-order valence-electron chi connectivity index (χ4n) is 2.68. The zero-order valence-corrected chi connectivity index (χ0v) is 16.5. The molecule has 0 bridgehead atoms. The van der Waals surface area contributed by atoms with Gasteiger partial charge in [-0.2, -0.15) is 0 Å². The van der Waals surface area contributed by atoms with Crippen molar-refractivity contribution >= 4 is 27.3 Å². The minimum absolute atomic E-state index is 0.0288. The second-order valence-corrected chi connectivity index (χ2v) is 8.41. The van der Waals surface area contributed by atoms with Gasteiger partial charge in [-0.05, 0) is 53.9 Å². The van der Waals surface area contributed by atoms with E-state index in [4.69, 9.17) is 0 Å². The number of anilines is 2. The van der Waals surface area contributed by atoms with E-state index in [1.807, 2.05) is 30.3 Å². The Morgan fingerprint density at radius 3 is 2.14 bits per heavy atom. The van der Waals surface area contributed by atoms with Gasteiger partial charge in [0.25, 0.3) is 15.9 Å². The Hall–Kier alpha value is -3.12. The molecule has 3 aromatic rings. The first kappa shape index (κ1) is 19.6. The van der Waals surface area contributed by atoms with E-state index in [2.05, 4.69) is 23.9 Å². The van der Waals surface area contributed by atoms with E-state index in [0.717, 1.165) is 5.56 Å². The van der Waals surface area contributed by atoms with Gasteiger partial charge < -0.3 is 5.32 Å². The number of amides is 1. The first-order chi connectivity index (χ1) is 13.3. The summed E-state index contributed by atoms with van der Waals surface area (Å²) in [5.41, 5.74) is 2.51. The summed E-state index contributed by atoms with van der Waals surface area (Å²) in [6.07, 6.45) is 0. The average molecular weight is 394 g/mol. The molecule has 0 unspecified atom stereocenters. The highest BCUT2D eigenvalue weighted by molar-refractivity contribution is 7.92. The smallest absolute Gasteiger partial charge is 0.261 e. The molecule has 28 heavy (non-hydrogen) atoms. The lowest BCUT2D eigenvalue weighted by Gasteiger charge is -2.11. The minimum Gasteiger partial charge on any atom is -0.322 e. The van der Waals surface area contributed by atoms with Crippen LogP contribution < -0.4 is 10.0 Å². The Kier molecular flexibility index (Phi) is 5.80. The van der Waals surface area contributed by atoms with Crippen molar-refractivity contribution in [1.82, 2.24) is 0 Å². The van der Waals surface area contributed by atoms with Crippen molar-refractivity contribution in [2.24, 2.45) is 0 Å². The highest BCUT2D eigenvalue weighted by atomic mass is 32.2. The molecule has 0 aliphatic carbocycles. The normalized spacial score (nSPS) is 11.2. The minimum atomic E-state index is -3.81. The summed E-state index contributed by atoms with van der Waals surface area (Å²) in [7, 11) is -3.81. The number of rotatable bonds is 6. The van der Waals surface area contributed by atoms with Crippen LogP contribution in [0.4, 0.5) is 11.4 Å². The van der Waals surface area contributed by atoms with Gasteiger partial charge in [0, 0.05) is 16.9 Å². The average Bonchev–Trinajstić information content (AvgIpc) is 2.69. The van der Waals surface area contributed by atoms with E-state index < -0.39 is 10.0 Å². The van der Waals surface area contributed by atoms with Crippen molar-refractivity contribution in [3.63, 3.8) is 0 Å². The lowest BCUT2D eigenvalue weighted by Crippen LogP contribution is -2.16. The number of para-hydroxylation sites is 1. The second kappa shape index (κ2) is 8.27. The third-order valence-electron chi connectivity index (χ3n) is 4.27. The number of benzene rings is 3. The lowest BCUT2D eigenvalue weighted by atomic mass is 10.0. The van der Waals surface area contributed by atoms with Gasteiger partial charge in [0.1, 0.15) is 0 Å². The molecule has 5 nitrogen and oxygen atoms in total. The molecule has 0 aliphatic rings. The summed E-state index contributed by atoms with van der Waals surface area (Å²) < 4.78 is 28.0. The number of sulfonamides is 1. The van der Waals surface area contributed by atoms with Crippen LogP contribution in [-0.2, 0) is 10.0 Å². The topological polar surface area (TPSA) is 75.3 Å². The van der Waals surface area contributed by atoms with E-state index >= 15 is 0 Å². The summed E-state index contributed by atoms with van der Waals surface area (Å²) in [4.78, 5) is 12.5. The van der Waals surface area contributed by atoms with E-state index in [9.17, 15) is 13.2 Å². The Balaban J connectivity index is 1.79. The molecule has 0 atom stereocenters. The SMILES string of the molecule is CC(C)c1ccc(NS(=O)(=O)c2cccc(C(=O)Nc3ccccc3)c2)cc1. The van der Waals surface area contributed by atoms with Crippen molar-refractivity contribution in [2.75, 3.05) is 10.0 Å². The second-order valence-electron chi connectivity index (χ2n) is 6.73. The molecule has 0 radical (unpaired) electrons. The summed E-state index contributed by atoms with van der Waals surface area (Å²) in [6.45, 7) is 4.15. The van der Waals surface area contributed by atoms with Crippen LogP contribution in [-0.4, -0.2) is 14.3 Å². The van der Waals surface area contributed by atoms with Crippen LogP contribution in [0.2, 0.25) is 0 Å². The maximum atomic E-state index is 12.7. The number of hydrogen-bond acceptors (Lipinski definition) is 3. The van der Waals surface area contributed by atoms with E-state index in [1.165, 1.54) is 12.1 Å². The zero-order chi connectivity index (χ0) is 20.1. The molecule has 0 saturated heterocycles. The summed E-state index contributed by atoms with van der Waals surface area (Å²) in [5.74, 6) is -0.00463. The molecule has 0 aliphatic heterocycles. The fourth-order valence-corrected chi connectivity index (χ4v) is 3.78. The lowest BCUT2D eigenvalue weighted by molar-refractivity contribution is 0.102. The van der Waals surface area contributed by atoms with Crippen molar-refractivity contribution in [3.05, 3.63) is 90.0 Å². The van der Waals surface area contributed by atoms with Gasteiger partial charge in [-0.25, -0.2) is 8.42 Å². The molecule has 1 amide bonds. The third kappa shape index (κ3) is 4.78. The predicted molar refractivity (Wildman–Crippen MR) is 112 cm³/mol. The Morgan fingerprint density at radius 2 is 1.50 bits per heavy atom. The summed E-state index contributed by atoms with van der Waals surface area (Å²) >= 11 is 0. The maximum absolute atomic E-state index is 12.7. The van der Waals surface area contributed by atoms with E-state index in [0.29, 0.717) is 17.3 Å². The van der Waals surface area contributed by atoms with Crippen LogP contribution >= 0.6 is 0 Å². The quantitative estimate of drug-likeness (QED) is 0.627. The largest absolute Gasteiger partial charge is 0.322 e. The van der Waals surface area contributed by atoms with Gasteiger partial charge >= 0.3 is 0 Å². The van der Waals surface area contributed by atoms with Crippen LogP contribution in [0.3, 0.4) is 0 Å². The number of carbonyl (C=O) groups excluding carboxylic acids is 1. The first-order valence-corrected chi connectivity index (χ1v) is 10.4. The molecule has 0 heterocycles. The van der Waals surface area contributed by atoms with Gasteiger partial charge in [-0.15, -0.1) is 0 Å². The van der Waals surface area contributed by atoms with E-state index in [-0.39, 0.29) is 16.4 Å². The van der Waals surface area contributed by atoms with Crippen molar-refractivity contribution in [1.29, 1.82) is 0 Å². The standard InChI is InChI=1S/C22H22N2O3S/c1-16(2)17-11-13-20(14-12-17)24-28(26,27)21-10-6-7-18(15-21)22(25)23-19-8-4-3-5-9-19/h3-16,24H,1-2H3,(H,23,25). The Labute approximate surface area is 165 Å². The van der Waals surface area contributed by atoms with Gasteiger partial charge in [0.05, 0.1) is 4.90 Å². The monoisotopic (exact) mass is 394 g/mol. The van der Waals surface area contributed by atoms with Crippen LogP contribution in [0.15, 0.2) is 83.8 Å². The molecular weight excluding hydrogens is 372 g/mol. The van der Waals surface area contributed by atoms with Gasteiger partial charge in [-0.3, -0.25) is 9.52 Å². The molecular formula is C22H22N2O3S. The van der Waals surface area contributed by atoms with Crippen LogP contribution in [0.1, 0.15) is 35.7 Å². The van der Waals surface area contributed by atoms with Crippen LogP contribution in [0, 0.1) is 0 Å². The summed E-state index contributed by atoms with van der Waals surface area (Å²) in [5, 5.41) is 2.75. The number of nitrogens with one attached hydrogen (secondary N) is 2. The molecule has 144 valence electrons. The van der Waals surface area contributed by atoms with Crippen molar-refractivity contribution in [3.8, 4) is 0 Å². The molecule has 3 aromatic carbocycles. The molecule has 3 rings (SSSR count). The molecule has 0 saturated carbocycles. The van der Waals surface area contributed by atoms with Crippen LogP contribution in [0.5, 0.6) is 0 Å². The molecule has 6 heteroatoms. The molecule has 0 fully saturated rings. The zero-order valence-electron chi connectivity index (χ0n) is 15.7. The number of hydrogen-bond donors (Lipinski definition) is 2. The Morgan fingerprint density at radius 1 is 0.821 bits per heavy atom. The first-order valence-electron chi connectivity index (χ1n) is 8.94. The molecule has 0 spiro atoms. The summed E-state index contributed by atoms with van der Waals surface area (Å²) in [6, 6.07) is 22.2. The Bertz CT molecular complexity index is 1060. The highest BCUT2D eigenvalue weighted by Crippen LogP contribution is 2.21. The molecule has 2 N–H and O–H groups in total. The highest BCUT2D eigenvalue weighted by Gasteiger charge is 2.17. The third-order valence-corrected chi connectivity index (χ3v) is 5.65. The van der Waals surface area contributed by atoms with Crippen molar-refractivity contribution in [2.45, 2.75) is 24.7 Å². The maximum Gasteiger partial charge on any atom is 0.261 e. The fraction of sp³-hybridized carbons (Fsp3) is 0.136. The number of carbonyl (C=O) groups is 1. The van der Waals surface area contributed by atoms with Gasteiger partial charge in [-0.1, -0.05) is 50.2 Å². The van der Waals surface area contributed by atoms with Gasteiger partial charge in [0.15, 0.2) is 0 Å². The van der Waals surface area contributed by atoms with Gasteiger partial charge in [0.2, 0.25) is 0 Å². The van der Waals surface area contributed by atoms with Crippen LogP contribution in [0.25, 0.3) is 0 Å². The molecule has 0 aromatic heterocycles.